The molecule has 0 atom stereocenters. The molecule has 0 aliphatic heterocycles. The zero-order valence-corrected chi connectivity index (χ0v) is 11.9. The van der Waals surface area contributed by atoms with Crippen LogP contribution < -0.4 is 0 Å². The Morgan fingerprint density at radius 2 is 2.14 bits per heavy atom. The first-order valence-electron chi connectivity index (χ1n) is 6.54. The number of esters is 1. The maximum atomic E-state index is 11.7. The van der Waals surface area contributed by atoms with Crippen LogP contribution in [0.1, 0.15) is 38.9 Å². The first kappa shape index (κ1) is 14.8. The van der Waals surface area contributed by atoms with Crippen molar-refractivity contribution < 1.29 is 19.4 Å². The van der Waals surface area contributed by atoms with Gasteiger partial charge in [0.25, 0.3) is 0 Å². The van der Waals surface area contributed by atoms with E-state index in [2.05, 4.69) is 5.10 Å². The van der Waals surface area contributed by atoms with Crippen LogP contribution in [0.2, 0.25) is 0 Å². The lowest BCUT2D eigenvalue weighted by molar-refractivity contribution is 0.0525. The number of hydrogen-bond acceptors (Lipinski definition) is 4. The van der Waals surface area contributed by atoms with Crippen LogP contribution in [0.15, 0.2) is 30.5 Å². The standard InChI is InChI=1S/C15H16N2O4/c1-3-21-15(20)13-9-17(16-10(13)2)8-11-5-4-6-12(7-11)14(18)19/h4-7,9H,3,8H2,1-2H3,(H,18,19). The molecule has 1 aromatic carbocycles. The summed E-state index contributed by atoms with van der Waals surface area (Å²) in [6, 6.07) is 6.61. The second-order valence-corrected chi connectivity index (χ2v) is 4.55. The molecule has 110 valence electrons. The summed E-state index contributed by atoms with van der Waals surface area (Å²) in [5.41, 5.74) is 2.03. The molecule has 0 aliphatic rings. The average Bonchev–Trinajstić information content (AvgIpc) is 2.80. The first-order chi connectivity index (χ1) is 10.0. The fourth-order valence-corrected chi connectivity index (χ4v) is 2.00. The lowest BCUT2D eigenvalue weighted by Gasteiger charge is -2.03. The van der Waals surface area contributed by atoms with Gasteiger partial charge in [0.2, 0.25) is 0 Å². The van der Waals surface area contributed by atoms with Crippen LogP contribution in [0.5, 0.6) is 0 Å². The van der Waals surface area contributed by atoms with Crippen molar-refractivity contribution in [1.82, 2.24) is 9.78 Å². The van der Waals surface area contributed by atoms with E-state index in [9.17, 15) is 9.59 Å². The van der Waals surface area contributed by atoms with E-state index in [0.717, 1.165) is 5.56 Å². The fourth-order valence-electron chi connectivity index (χ4n) is 2.00. The van der Waals surface area contributed by atoms with Crippen molar-refractivity contribution in [3.05, 3.63) is 52.8 Å². The van der Waals surface area contributed by atoms with E-state index in [4.69, 9.17) is 9.84 Å². The highest BCUT2D eigenvalue weighted by Gasteiger charge is 2.14. The third-order valence-electron chi connectivity index (χ3n) is 2.96. The van der Waals surface area contributed by atoms with Gasteiger partial charge in [-0.25, -0.2) is 9.59 Å². The van der Waals surface area contributed by atoms with E-state index >= 15 is 0 Å². The fraction of sp³-hybridized carbons (Fsp3) is 0.267. The van der Waals surface area contributed by atoms with Gasteiger partial charge in [0.1, 0.15) is 5.56 Å². The molecule has 2 rings (SSSR count). The zero-order chi connectivity index (χ0) is 15.4. The zero-order valence-electron chi connectivity index (χ0n) is 11.9. The number of carboxylic acids is 1. The van der Waals surface area contributed by atoms with Gasteiger partial charge in [0.15, 0.2) is 0 Å². The maximum Gasteiger partial charge on any atom is 0.341 e. The van der Waals surface area contributed by atoms with Gasteiger partial charge in [0.05, 0.1) is 24.4 Å². The highest BCUT2D eigenvalue weighted by Crippen LogP contribution is 2.11. The van der Waals surface area contributed by atoms with Crippen molar-refractivity contribution in [2.75, 3.05) is 6.61 Å². The van der Waals surface area contributed by atoms with Gasteiger partial charge in [-0.05, 0) is 31.5 Å². The molecule has 6 heteroatoms. The smallest absolute Gasteiger partial charge is 0.341 e. The Bertz CT molecular complexity index is 676. The normalized spacial score (nSPS) is 10.4. The monoisotopic (exact) mass is 288 g/mol. The quantitative estimate of drug-likeness (QED) is 0.852. The van der Waals surface area contributed by atoms with Crippen molar-refractivity contribution in [2.45, 2.75) is 20.4 Å². The minimum Gasteiger partial charge on any atom is -0.478 e. The average molecular weight is 288 g/mol. The van der Waals surface area contributed by atoms with Crippen molar-refractivity contribution in [2.24, 2.45) is 0 Å². The highest BCUT2D eigenvalue weighted by atomic mass is 16.5. The topological polar surface area (TPSA) is 81.4 Å². The Morgan fingerprint density at radius 3 is 2.81 bits per heavy atom. The summed E-state index contributed by atoms with van der Waals surface area (Å²) in [6.45, 7) is 4.18. The van der Waals surface area contributed by atoms with Crippen LogP contribution in [-0.4, -0.2) is 33.4 Å². The van der Waals surface area contributed by atoms with E-state index in [-0.39, 0.29) is 5.56 Å². The van der Waals surface area contributed by atoms with E-state index in [0.29, 0.717) is 24.4 Å². The summed E-state index contributed by atoms with van der Waals surface area (Å²) in [7, 11) is 0. The minimum atomic E-state index is -0.972. The number of ether oxygens (including phenoxy) is 1. The molecule has 0 bridgehead atoms. The number of aromatic carboxylic acids is 1. The predicted octanol–water partition coefficient (Wildman–Crippen LogP) is 2.11. The Labute approximate surface area is 122 Å². The van der Waals surface area contributed by atoms with E-state index < -0.39 is 11.9 Å². The number of hydrogen-bond donors (Lipinski definition) is 1. The number of nitrogens with zero attached hydrogens (tertiary/aromatic N) is 2. The number of aryl methyl sites for hydroxylation is 1. The number of rotatable bonds is 5. The SMILES string of the molecule is CCOC(=O)c1cn(Cc2cccc(C(=O)O)c2)nc1C. The second kappa shape index (κ2) is 6.21. The Kier molecular flexibility index (Phi) is 4.37. The third kappa shape index (κ3) is 3.47. The molecule has 0 aliphatic carbocycles. The Hall–Kier alpha value is -2.63. The van der Waals surface area contributed by atoms with Gasteiger partial charge in [-0.15, -0.1) is 0 Å². The van der Waals surface area contributed by atoms with Crippen LogP contribution in [0.25, 0.3) is 0 Å². The number of carbonyl (C=O) groups excluding carboxylic acids is 1. The van der Waals surface area contributed by atoms with Crippen LogP contribution >= 0.6 is 0 Å². The third-order valence-corrected chi connectivity index (χ3v) is 2.96. The van der Waals surface area contributed by atoms with Crippen LogP contribution in [0.4, 0.5) is 0 Å². The lowest BCUT2D eigenvalue weighted by atomic mass is 10.1. The summed E-state index contributed by atoms with van der Waals surface area (Å²) < 4.78 is 6.55. The van der Waals surface area contributed by atoms with Crippen molar-refractivity contribution in [1.29, 1.82) is 0 Å². The lowest BCUT2D eigenvalue weighted by Crippen LogP contribution is -2.05. The first-order valence-corrected chi connectivity index (χ1v) is 6.54. The summed E-state index contributed by atoms with van der Waals surface area (Å²) in [5, 5.41) is 13.2. The van der Waals surface area contributed by atoms with E-state index in [1.165, 1.54) is 6.07 Å². The van der Waals surface area contributed by atoms with Gasteiger partial charge in [-0.1, -0.05) is 12.1 Å². The van der Waals surface area contributed by atoms with Crippen molar-refractivity contribution >= 4 is 11.9 Å². The summed E-state index contributed by atoms with van der Waals surface area (Å²) in [5.74, 6) is -1.37. The molecular weight excluding hydrogens is 272 g/mol. The minimum absolute atomic E-state index is 0.224. The predicted molar refractivity (Wildman–Crippen MR) is 75.4 cm³/mol. The molecule has 1 heterocycles. The number of carboxylic acid groups (broad SMARTS) is 1. The molecular formula is C15H16N2O4. The number of carbonyl (C=O) groups is 2. The van der Waals surface area contributed by atoms with Crippen LogP contribution in [-0.2, 0) is 11.3 Å². The summed E-state index contributed by atoms with van der Waals surface area (Å²) in [4.78, 5) is 22.7. The van der Waals surface area contributed by atoms with Gasteiger partial charge in [-0.3, -0.25) is 4.68 Å². The Morgan fingerprint density at radius 1 is 1.38 bits per heavy atom. The van der Waals surface area contributed by atoms with Gasteiger partial charge < -0.3 is 9.84 Å². The molecule has 0 radical (unpaired) electrons. The largest absolute Gasteiger partial charge is 0.478 e. The van der Waals surface area contributed by atoms with Gasteiger partial charge in [0, 0.05) is 6.20 Å². The molecule has 0 saturated carbocycles. The molecule has 2 aromatic rings. The Balaban J connectivity index is 2.20. The highest BCUT2D eigenvalue weighted by molar-refractivity contribution is 5.90. The molecule has 1 N–H and O–H groups in total. The van der Waals surface area contributed by atoms with Crippen LogP contribution in [0.3, 0.4) is 0 Å². The second-order valence-electron chi connectivity index (χ2n) is 4.55. The van der Waals surface area contributed by atoms with Gasteiger partial charge in [-0.2, -0.15) is 5.10 Å². The molecule has 0 unspecified atom stereocenters. The molecule has 0 fully saturated rings. The van der Waals surface area contributed by atoms with Crippen molar-refractivity contribution in [3.8, 4) is 0 Å². The van der Waals surface area contributed by atoms with Crippen molar-refractivity contribution in [3.63, 3.8) is 0 Å². The van der Waals surface area contributed by atoms with E-state index in [1.54, 1.807) is 36.9 Å². The molecule has 0 amide bonds. The van der Waals surface area contributed by atoms with E-state index in [1.807, 2.05) is 6.07 Å². The number of aromatic nitrogens is 2. The summed E-state index contributed by atoms with van der Waals surface area (Å²) >= 11 is 0. The summed E-state index contributed by atoms with van der Waals surface area (Å²) in [6.07, 6.45) is 1.61. The molecule has 21 heavy (non-hydrogen) atoms. The molecule has 0 spiro atoms. The maximum absolute atomic E-state index is 11.7. The molecule has 0 saturated heterocycles. The molecule has 6 nitrogen and oxygen atoms in total. The number of benzene rings is 1. The molecule has 1 aromatic heterocycles. The van der Waals surface area contributed by atoms with Crippen LogP contribution in [0, 0.1) is 6.92 Å². The van der Waals surface area contributed by atoms with Gasteiger partial charge >= 0.3 is 11.9 Å².